The largest absolute Gasteiger partial charge is 0.393 e. The third-order valence-electron chi connectivity index (χ3n) is 5.86. The molecule has 0 saturated heterocycles. The van der Waals surface area contributed by atoms with E-state index in [1.807, 2.05) is 0 Å². The molecule has 2 aliphatic carbocycles. The average molecular weight is 335 g/mol. The first kappa shape index (κ1) is 19.7. The summed E-state index contributed by atoms with van der Waals surface area (Å²) in [6, 6.07) is 0. The fraction of sp³-hybridized carbons (Fsp3) is 0.818. The van der Waals surface area contributed by atoms with Gasteiger partial charge in [0.2, 0.25) is 0 Å². The van der Waals surface area contributed by atoms with E-state index in [9.17, 15) is 10.2 Å². The van der Waals surface area contributed by atoms with E-state index in [0.717, 1.165) is 38.5 Å². The summed E-state index contributed by atoms with van der Waals surface area (Å²) in [5.74, 6) is 2.06. The second-order valence-corrected chi connectivity index (χ2v) is 8.77. The molecule has 0 amide bonds. The van der Waals surface area contributed by atoms with Gasteiger partial charge in [-0.1, -0.05) is 30.2 Å². The maximum atomic E-state index is 10.2. The van der Waals surface area contributed by atoms with E-state index in [0.29, 0.717) is 17.8 Å². The van der Waals surface area contributed by atoms with Crippen molar-refractivity contribution in [1.82, 2.24) is 0 Å². The Bertz CT molecular complexity index is 433. The minimum Gasteiger partial charge on any atom is -0.393 e. The Labute approximate surface area is 149 Å². The van der Waals surface area contributed by atoms with Crippen LogP contribution in [0.2, 0.25) is 0 Å². The number of aliphatic hydroxyl groups is 2. The molecule has 2 rings (SSSR count). The van der Waals surface area contributed by atoms with Gasteiger partial charge in [-0.25, -0.2) is 0 Å². The Morgan fingerprint density at radius 1 is 1.21 bits per heavy atom. The minimum atomic E-state index is -0.201. The Kier molecular flexibility index (Phi) is 8.03. The van der Waals surface area contributed by atoms with Crippen molar-refractivity contribution in [3.05, 3.63) is 23.3 Å². The van der Waals surface area contributed by atoms with Gasteiger partial charge in [0.1, 0.15) is 0 Å². The lowest BCUT2D eigenvalue weighted by Crippen LogP contribution is -2.27. The molecule has 2 heteroatoms. The molecule has 0 aromatic carbocycles. The second kappa shape index (κ2) is 9.77. The quantitative estimate of drug-likeness (QED) is 0.612. The third-order valence-corrected chi connectivity index (χ3v) is 5.86. The van der Waals surface area contributed by atoms with Gasteiger partial charge < -0.3 is 10.2 Å². The fourth-order valence-electron chi connectivity index (χ4n) is 4.62. The molecule has 5 atom stereocenters. The zero-order valence-electron chi connectivity index (χ0n) is 16.0. The lowest BCUT2D eigenvalue weighted by Gasteiger charge is -2.33. The van der Waals surface area contributed by atoms with E-state index >= 15 is 0 Å². The molecule has 2 N–H and O–H groups in total. The summed E-state index contributed by atoms with van der Waals surface area (Å²) in [5.41, 5.74) is 2.86. The summed E-state index contributed by atoms with van der Waals surface area (Å²) in [6.45, 7) is 6.69. The van der Waals surface area contributed by atoms with Crippen LogP contribution in [-0.2, 0) is 0 Å². The van der Waals surface area contributed by atoms with E-state index in [4.69, 9.17) is 0 Å². The highest BCUT2D eigenvalue weighted by molar-refractivity contribution is 5.08. The molecule has 138 valence electrons. The molecular weight excluding hydrogens is 296 g/mol. The van der Waals surface area contributed by atoms with Crippen molar-refractivity contribution in [2.75, 3.05) is 0 Å². The summed E-state index contributed by atoms with van der Waals surface area (Å²) >= 11 is 0. The first-order chi connectivity index (χ1) is 11.4. The smallest absolute Gasteiger partial charge is 0.0723 e. The topological polar surface area (TPSA) is 40.5 Å². The molecule has 2 aliphatic rings. The standard InChI is InChI=1S/C22H38O2/c1-16(2)7-9-19-12-20(15-22(24)14-19)11-17(3)8-10-18-5-4-6-21(23)13-18/h7,13,17,19-24H,4-6,8-12,14-15H2,1-3H3. The van der Waals surface area contributed by atoms with Gasteiger partial charge in [-0.3, -0.25) is 0 Å². The summed E-state index contributed by atoms with van der Waals surface area (Å²) in [5, 5.41) is 20.0. The maximum absolute atomic E-state index is 10.2. The number of rotatable bonds is 7. The maximum Gasteiger partial charge on any atom is 0.0723 e. The molecule has 0 radical (unpaired) electrons. The van der Waals surface area contributed by atoms with Crippen LogP contribution in [0.4, 0.5) is 0 Å². The van der Waals surface area contributed by atoms with Gasteiger partial charge in [0.05, 0.1) is 12.2 Å². The molecule has 0 heterocycles. The second-order valence-electron chi connectivity index (χ2n) is 8.77. The number of hydrogen-bond acceptors (Lipinski definition) is 2. The fourth-order valence-corrected chi connectivity index (χ4v) is 4.62. The van der Waals surface area contributed by atoms with Gasteiger partial charge >= 0.3 is 0 Å². The highest BCUT2D eigenvalue weighted by atomic mass is 16.3. The van der Waals surface area contributed by atoms with Crippen LogP contribution in [0.25, 0.3) is 0 Å². The molecule has 0 aliphatic heterocycles. The van der Waals surface area contributed by atoms with Crippen molar-refractivity contribution in [2.45, 2.75) is 97.2 Å². The monoisotopic (exact) mass is 334 g/mol. The van der Waals surface area contributed by atoms with Gasteiger partial charge in [0, 0.05) is 0 Å². The van der Waals surface area contributed by atoms with Gasteiger partial charge in [-0.15, -0.1) is 0 Å². The van der Waals surface area contributed by atoms with Crippen LogP contribution in [0.5, 0.6) is 0 Å². The summed E-state index contributed by atoms with van der Waals surface area (Å²) in [6.07, 6.45) is 15.4. The minimum absolute atomic E-state index is 0.0947. The molecule has 24 heavy (non-hydrogen) atoms. The molecule has 0 bridgehead atoms. The normalized spacial score (nSPS) is 32.1. The van der Waals surface area contributed by atoms with Crippen molar-refractivity contribution < 1.29 is 10.2 Å². The van der Waals surface area contributed by atoms with Crippen LogP contribution in [0, 0.1) is 17.8 Å². The predicted molar refractivity (Wildman–Crippen MR) is 102 cm³/mol. The zero-order chi connectivity index (χ0) is 17.5. The highest BCUT2D eigenvalue weighted by Crippen LogP contribution is 2.36. The Morgan fingerprint density at radius 2 is 1.96 bits per heavy atom. The Balaban J connectivity index is 1.75. The van der Waals surface area contributed by atoms with E-state index in [2.05, 4.69) is 32.9 Å². The van der Waals surface area contributed by atoms with Crippen molar-refractivity contribution in [1.29, 1.82) is 0 Å². The van der Waals surface area contributed by atoms with Gasteiger partial charge in [0.15, 0.2) is 0 Å². The average Bonchev–Trinajstić information content (AvgIpc) is 2.50. The van der Waals surface area contributed by atoms with Gasteiger partial charge in [-0.2, -0.15) is 0 Å². The number of allylic oxidation sites excluding steroid dienone is 3. The molecule has 5 unspecified atom stereocenters. The zero-order valence-corrected chi connectivity index (χ0v) is 16.0. The van der Waals surface area contributed by atoms with E-state index in [1.54, 1.807) is 0 Å². The number of hydrogen-bond donors (Lipinski definition) is 2. The van der Waals surface area contributed by atoms with E-state index in [-0.39, 0.29) is 12.2 Å². The summed E-state index contributed by atoms with van der Waals surface area (Å²) in [4.78, 5) is 0. The Hall–Kier alpha value is -0.600. The van der Waals surface area contributed by atoms with Gasteiger partial charge in [0.25, 0.3) is 0 Å². The lowest BCUT2D eigenvalue weighted by atomic mass is 9.74. The first-order valence-corrected chi connectivity index (χ1v) is 10.1. The third kappa shape index (κ3) is 7.11. The molecule has 0 aromatic rings. The molecule has 2 nitrogen and oxygen atoms in total. The van der Waals surface area contributed by atoms with Crippen molar-refractivity contribution in [3.63, 3.8) is 0 Å². The Morgan fingerprint density at radius 3 is 2.67 bits per heavy atom. The van der Waals surface area contributed by atoms with Crippen LogP contribution in [0.1, 0.15) is 85.0 Å². The molecule has 0 spiro atoms. The SMILES string of the molecule is CC(C)=CCC1CC(O)CC(CC(C)CCC2=CC(O)CCC2)C1. The summed E-state index contributed by atoms with van der Waals surface area (Å²) in [7, 11) is 0. The van der Waals surface area contributed by atoms with Crippen molar-refractivity contribution in [2.24, 2.45) is 17.8 Å². The van der Waals surface area contributed by atoms with Crippen LogP contribution in [-0.4, -0.2) is 22.4 Å². The molecule has 0 aromatic heterocycles. The lowest BCUT2D eigenvalue weighted by molar-refractivity contribution is 0.0625. The van der Waals surface area contributed by atoms with Gasteiger partial charge in [-0.05, 0) is 95.8 Å². The van der Waals surface area contributed by atoms with Crippen LogP contribution in [0.15, 0.2) is 23.3 Å². The van der Waals surface area contributed by atoms with E-state index in [1.165, 1.54) is 36.8 Å². The predicted octanol–water partition coefficient (Wildman–Crippen LogP) is 5.40. The highest BCUT2D eigenvalue weighted by Gasteiger charge is 2.28. The summed E-state index contributed by atoms with van der Waals surface area (Å²) < 4.78 is 0. The van der Waals surface area contributed by atoms with Crippen molar-refractivity contribution in [3.8, 4) is 0 Å². The van der Waals surface area contributed by atoms with Crippen LogP contribution >= 0.6 is 0 Å². The molecule has 1 saturated carbocycles. The van der Waals surface area contributed by atoms with E-state index < -0.39 is 0 Å². The van der Waals surface area contributed by atoms with Crippen LogP contribution < -0.4 is 0 Å². The van der Waals surface area contributed by atoms with Crippen LogP contribution in [0.3, 0.4) is 0 Å². The molecule has 1 fully saturated rings. The molecular formula is C22H38O2. The van der Waals surface area contributed by atoms with Crippen molar-refractivity contribution >= 4 is 0 Å². The number of aliphatic hydroxyl groups excluding tert-OH is 2. The first-order valence-electron chi connectivity index (χ1n) is 10.1.